The van der Waals surface area contributed by atoms with Gasteiger partial charge < -0.3 is 25.4 Å². The van der Waals surface area contributed by atoms with Crippen molar-refractivity contribution in [1.82, 2.24) is 4.90 Å². The molecular weight excluding hydrogens is 703 g/mol. The normalized spacial score (nSPS) is 12.5. The van der Waals surface area contributed by atoms with E-state index in [1.54, 1.807) is 49.1 Å². The molecule has 0 spiro atoms. The number of fused-ring (bicyclic) bond motifs is 1. The zero-order chi connectivity index (χ0) is 39.0. The molecule has 10 nitrogen and oxygen atoms in total. The van der Waals surface area contributed by atoms with Gasteiger partial charge in [0.15, 0.2) is 0 Å². The Morgan fingerprint density at radius 3 is 2.11 bits per heavy atom. The van der Waals surface area contributed by atoms with Gasteiger partial charge in [-0.3, -0.25) is 19.2 Å². The van der Waals surface area contributed by atoms with Crippen LogP contribution in [0.15, 0.2) is 72.8 Å². The first-order chi connectivity index (χ1) is 25.7. The summed E-state index contributed by atoms with van der Waals surface area (Å²) >= 11 is 1.45. The van der Waals surface area contributed by atoms with Crippen molar-refractivity contribution in [2.24, 2.45) is 5.41 Å². The highest BCUT2D eigenvalue weighted by atomic mass is 32.1. The number of ether oxygens (including phenoxy) is 1. The number of carboxylic acid groups (broad SMARTS) is 1. The predicted molar refractivity (Wildman–Crippen MR) is 211 cm³/mol. The number of aliphatic carboxylic acids is 1. The van der Waals surface area contributed by atoms with Gasteiger partial charge in [0.2, 0.25) is 5.91 Å². The topological polar surface area (TPSA) is 142 Å². The number of methoxy groups -OCH3 is 1. The molecule has 3 aromatic carbocycles. The van der Waals surface area contributed by atoms with Crippen LogP contribution in [0.25, 0.3) is 0 Å². The summed E-state index contributed by atoms with van der Waals surface area (Å²) in [6, 6.07) is 22.1. The van der Waals surface area contributed by atoms with Crippen molar-refractivity contribution in [2.45, 2.75) is 91.6 Å². The molecule has 5 rings (SSSR count). The molecule has 1 aromatic heterocycles. The van der Waals surface area contributed by atoms with Crippen LogP contribution in [0.2, 0.25) is 0 Å². The summed E-state index contributed by atoms with van der Waals surface area (Å²) in [5.41, 5.74) is 5.03. The van der Waals surface area contributed by atoms with E-state index >= 15 is 0 Å². The Hall–Kier alpha value is -5.29. The van der Waals surface area contributed by atoms with Gasteiger partial charge in [0.05, 0.1) is 23.7 Å². The van der Waals surface area contributed by atoms with E-state index in [2.05, 4.69) is 10.6 Å². The third-order valence-electron chi connectivity index (χ3n) is 9.94. The highest BCUT2D eigenvalue weighted by Gasteiger charge is 2.30. The number of hydrogen-bond acceptors (Lipinski definition) is 7. The highest BCUT2D eigenvalue weighted by molar-refractivity contribution is 7.17. The first kappa shape index (κ1) is 39.9. The molecule has 4 aromatic rings. The number of nitrogens with one attached hydrogen (secondary N) is 2. The Labute approximate surface area is 320 Å². The molecular formula is C43H49N3O7S. The maximum Gasteiger partial charge on any atom is 0.337 e. The molecule has 11 heteroatoms. The summed E-state index contributed by atoms with van der Waals surface area (Å²) in [5.74, 6) is -2.07. The zero-order valence-corrected chi connectivity index (χ0v) is 32.4. The van der Waals surface area contributed by atoms with Gasteiger partial charge in [-0.25, -0.2) is 4.79 Å². The molecule has 0 unspecified atom stereocenters. The lowest BCUT2D eigenvalue weighted by Crippen LogP contribution is -2.37. The fourth-order valence-corrected chi connectivity index (χ4v) is 7.75. The monoisotopic (exact) mass is 751 g/mol. The molecule has 0 fully saturated rings. The van der Waals surface area contributed by atoms with E-state index in [0.29, 0.717) is 27.4 Å². The van der Waals surface area contributed by atoms with Crippen LogP contribution in [-0.4, -0.2) is 52.8 Å². The number of amides is 3. The van der Waals surface area contributed by atoms with Crippen LogP contribution in [0.1, 0.15) is 112 Å². The summed E-state index contributed by atoms with van der Waals surface area (Å²) in [5, 5.41) is 16.1. The largest absolute Gasteiger partial charge is 0.481 e. The average Bonchev–Trinajstić information content (AvgIpc) is 3.53. The minimum absolute atomic E-state index is 0.103. The third kappa shape index (κ3) is 10.0. The number of anilines is 2. The van der Waals surface area contributed by atoms with Crippen LogP contribution < -0.4 is 10.6 Å². The van der Waals surface area contributed by atoms with Gasteiger partial charge in [0.25, 0.3) is 11.8 Å². The van der Waals surface area contributed by atoms with E-state index in [9.17, 15) is 29.1 Å². The summed E-state index contributed by atoms with van der Waals surface area (Å²) in [4.78, 5) is 66.9. The summed E-state index contributed by atoms with van der Waals surface area (Å²) in [6.45, 7) is 7.32. The SMILES string of the molecule is COC(=O)c1ccc(CCc2ccc(NC(=O)c3c(NC(=O)c4cccc(CN(C(=O)CCC(C)(C)C(=O)O)C(C)C)c4)sc4c3CCCC4)cc2)cc1. The number of rotatable bonds is 15. The highest BCUT2D eigenvalue weighted by Crippen LogP contribution is 2.39. The molecule has 3 amide bonds. The lowest BCUT2D eigenvalue weighted by atomic mass is 9.88. The van der Waals surface area contributed by atoms with Crippen molar-refractivity contribution in [3.05, 3.63) is 117 Å². The van der Waals surface area contributed by atoms with Crippen LogP contribution in [0.3, 0.4) is 0 Å². The van der Waals surface area contributed by atoms with Crippen molar-refractivity contribution >= 4 is 51.7 Å². The van der Waals surface area contributed by atoms with Gasteiger partial charge in [-0.15, -0.1) is 11.3 Å². The van der Waals surface area contributed by atoms with Crippen molar-refractivity contribution in [1.29, 1.82) is 0 Å². The van der Waals surface area contributed by atoms with Gasteiger partial charge in [0.1, 0.15) is 5.00 Å². The third-order valence-corrected chi connectivity index (χ3v) is 11.2. The number of carbonyl (C=O) groups excluding carboxylic acids is 4. The van der Waals surface area contributed by atoms with Gasteiger partial charge >= 0.3 is 11.9 Å². The second-order valence-electron chi connectivity index (χ2n) is 14.7. The predicted octanol–water partition coefficient (Wildman–Crippen LogP) is 8.33. The van der Waals surface area contributed by atoms with Gasteiger partial charge in [-0.2, -0.15) is 0 Å². The molecule has 0 saturated heterocycles. The number of aryl methyl sites for hydroxylation is 3. The average molecular weight is 752 g/mol. The molecule has 54 heavy (non-hydrogen) atoms. The minimum Gasteiger partial charge on any atom is -0.481 e. The van der Waals surface area contributed by atoms with Crippen molar-refractivity contribution in [3.8, 4) is 0 Å². The van der Waals surface area contributed by atoms with Crippen LogP contribution in [0.4, 0.5) is 10.7 Å². The smallest absolute Gasteiger partial charge is 0.337 e. The molecule has 0 atom stereocenters. The first-order valence-electron chi connectivity index (χ1n) is 18.4. The number of thiophene rings is 1. The van der Waals surface area contributed by atoms with Gasteiger partial charge in [-0.1, -0.05) is 36.4 Å². The Balaban J connectivity index is 1.25. The maximum atomic E-state index is 13.9. The van der Waals surface area contributed by atoms with Crippen LogP contribution in [0, 0.1) is 5.41 Å². The van der Waals surface area contributed by atoms with Crippen molar-refractivity contribution < 1.29 is 33.8 Å². The van der Waals surface area contributed by atoms with E-state index in [0.717, 1.165) is 65.7 Å². The molecule has 3 N–H and O–H groups in total. The fraction of sp³-hybridized carbons (Fsp3) is 0.372. The number of carboxylic acids is 1. The molecule has 0 saturated carbocycles. The fourth-order valence-electron chi connectivity index (χ4n) is 6.47. The summed E-state index contributed by atoms with van der Waals surface area (Å²) in [7, 11) is 1.36. The van der Waals surface area contributed by atoms with Gasteiger partial charge in [0, 0.05) is 35.1 Å². The molecule has 0 aliphatic heterocycles. The van der Waals surface area contributed by atoms with E-state index in [-0.39, 0.29) is 49.1 Å². The number of nitrogens with zero attached hydrogens (tertiary/aromatic N) is 1. The van der Waals surface area contributed by atoms with Gasteiger partial charge in [-0.05, 0) is 131 Å². The molecule has 1 aliphatic rings. The number of benzene rings is 3. The molecule has 284 valence electrons. The van der Waals surface area contributed by atoms with E-state index < -0.39 is 11.4 Å². The quantitative estimate of drug-likeness (QED) is 0.104. The molecule has 0 bridgehead atoms. The summed E-state index contributed by atoms with van der Waals surface area (Å²) in [6.07, 6.45) is 5.52. The molecule has 1 heterocycles. The summed E-state index contributed by atoms with van der Waals surface area (Å²) < 4.78 is 4.77. The van der Waals surface area contributed by atoms with Crippen molar-refractivity contribution in [3.63, 3.8) is 0 Å². The molecule has 1 aliphatic carbocycles. The van der Waals surface area contributed by atoms with E-state index in [1.165, 1.54) is 18.4 Å². The first-order valence-corrected chi connectivity index (χ1v) is 19.2. The lowest BCUT2D eigenvalue weighted by Gasteiger charge is -2.28. The number of esters is 1. The Morgan fingerprint density at radius 1 is 0.833 bits per heavy atom. The standard InChI is InChI=1S/C43H49N3O7S/c1-27(2)46(36(47)23-24-43(3,4)42(51)52)26-30-9-8-10-32(25-30)38(48)45-40-37(34-11-6-7-12-35(34)54-40)39(49)44-33-21-17-29(18-22-33)14-13-28-15-19-31(20-16-28)41(50)53-5/h8-10,15-22,25,27H,6-7,11-14,23-24,26H2,1-5H3,(H,44,49)(H,45,48)(H,51,52). The number of hydrogen-bond donors (Lipinski definition) is 3. The van der Waals surface area contributed by atoms with E-state index in [1.807, 2.05) is 56.3 Å². The van der Waals surface area contributed by atoms with E-state index in [4.69, 9.17) is 4.74 Å². The second-order valence-corrected chi connectivity index (χ2v) is 15.8. The Bertz CT molecular complexity index is 2000. The molecule has 0 radical (unpaired) electrons. The lowest BCUT2D eigenvalue weighted by molar-refractivity contribution is -0.147. The van der Waals surface area contributed by atoms with Crippen molar-refractivity contribution in [2.75, 3.05) is 17.7 Å². The number of carbonyl (C=O) groups is 5. The Kier molecular flexibility index (Phi) is 13.1. The van der Waals surface area contributed by atoms with Crippen LogP contribution >= 0.6 is 11.3 Å². The van der Waals surface area contributed by atoms with Crippen LogP contribution in [0.5, 0.6) is 0 Å². The minimum atomic E-state index is -1.01. The van der Waals surface area contributed by atoms with Crippen LogP contribution in [-0.2, 0) is 46.6 Å². The zero-order valence-electron chi connectivity index (χ0n) is 31.6. The maximum absolute atomic E-state index is 13.9. The Morgan fingerprint density at radius 2 is 1.48 bits per heavy atom. The second kappa shape index (κ2) is 17.7.